The van der Waals surface area contributed by atoms with E-state index in [1.807, 2.05) is 6.92 Å². The van der Waals surface area contributed by atoms with Crippen molar-refractivity contribution in [1.82, 2.24) is 4.90 Å². The van der Waals surface area contributed by atoms with Crippen molar-refractivity contribution in [1.29, 1.82) is 0 Å². The van der Waals surface area contributed by atoms with E-state index < -0.39 is 58.0 Å². The second-order valence-electron chi connectivity index (χ2n) is 10.2. The Morgan fingerprint density at radius 1 is 1.22 bits per heavy atom. The molecule has 4 atom stereocenters. The molecule has 0 radical (unpaired) electrons. The lowest BCUT2D eigenvalue weighted by Gasteiger charge is -2.50. The van der Waals surface area contributed by atoms with Gasteiger partial charge in [-0.25, -0.2) is 0 Å². The number of primary amides is 1. The van der Waals surface area contributed by atoms with Crippen LogP contribution in [-0.4, -0.2) is 73.6 Å². The Balaban J connectivity index is 1.92. The number of hydrogen-bond donors (Lipinski definition) is 6. The molecule has 7 N–H and O–H groups in total. The first kappa shape index (κ1) is 26.4. The lowest BCUT2D eigenvalue weighted by Crippen LogP contribution is -2.65. The molecule has 10 heteroatoms. The molecular formula is C27H32N2O8. The smallest absolute Gasteiger partial charge is 0.255 e. The predicted molar refractivity (Wildman–Crippen MR) is 134 cm³/mol. The number of phenolic OH excluding ortho intramolecular Hbond substituents is 1. The van der Waals surface area contributed by atoms with E-state index in [1.165, 1.54) is 11.0 Å². The molecule has 3 aliphatic carbocycles. The van der Waals surface area contributed by atoms with Crippen molar-refractivity contribution in [3.8, 4) is 5.75 Å². The van der Waals surface area contributed by atoms with E-state index in [0.717, 1.165) is 12.8 Å². The van der Waals surface area contributed by atoms with Crippen molar-refractivity contribution >= 4 is 29.3 Å². The van der Waals surface area contributed by atoms with E-state index in [1.54, 1.807) is 26.2 Å². The Morgan fingerprint density at radius 2 is 1.89 bits per heavy atom. The summed E-state index contributed by atoms with van der Waals surface area (Å²) in [5.41, 5.74) is 2.66. The average molecular weight is 513 g/mol. The van der Waals surface area contributed by atoms with Gasteiger partial charge in [0.2, 0.25) is 5.78 Å². The number of fused-ring (bicyclic) bond motifs is 3. The Hall–Kier alpha value is -3.63. The molecule has 4 rings (SSSR count). The fourth-order valence-electron chi connectivity index (χ4n) is 6.01. The summed E-state index contributed by atoms with van der Waals surface area (Å²) in [7, 11) is 3.10. The van der Waals surface area contributed by atoms with Gasteiger partial charge in [-0.2, -0.15) is 0 Å². The second-order valence-corrected chi connectivity index (χ2v) is 10.2. The number of phenols is 1. The number of aromatic hydroxyl groups is 1. The zero-order chi connectivity index (χ0) is 27.4. The van der Waals surface area contributed by atoms with Gasteiger partial charge < -0.3 is 31.3 Å². The van der Waals surface area contributed by atoms with Crippen LogP contribution in [0.25, 0.3) is 11.8 Å². The summed E-state index contributed by atoms with van der Waals surface area (Å²) in [5.74, 6) is -6.78. The van der Waals surface area contributed by atoms with Crippen LogP contribution in [0.2, 0.25) is 0 Å². The highest BCUT2D eigenvalue weighted by molar-refractivity contribution is 6.24. The van der Waals surface area contributed by atoms with Crippen LogP contribution in [-0.2, 0) is 20.8 Å². The quantitative estimate of drug-likeness (QED) is 0.245. The molecule has 0 spiro atoms. The van der Waals surface area contributed by atoms with E-state index in [9.17, 15) is 39.9 Å². The predicted octanol–water partition coefficient (Wildman–Crippen LogP) is 2.05. The third-order valence-corrected chi connectivity index (χ3v) is 7.75. The molecule has 0 heterocycles. The molecule has 0 aliphatic heterocycles. The number of nitrogens with zero attached hydrogens (tertiary/aromatic N) is 1. The molecule has 0 aromatic heterocycles. The van der Waals surface area contributed by atoms with Crippen molar-refractivity contribution in [2.45, 2.75) is 50.7 Å². The topological polar surface area (TPSA) is 182 Å². The standard InChI is InChI=1S/C27H32N2O8/c1-4-5-6-14(30)9-12-7-8-17(31)19-15(12)10-13-11-16-21(29(2)3)23(33)20(26(28)36)25(35)27(16,37)24(34)18(13)22(19)32/h7-9,13,16,21,30-32,35,37H,4-6,10-11H2,1-3H3,(H2,28,36)/b14-9-/t13-,16-,21+,27+/m1/s1. The number of rotatable bonds is 6. The molecule has 0 bridgehead atoms. The molecule has 0 unspecified atom stereocenters. The normalized spacial score (nSPS) is 27.8. The first-order chi connectivity index (χ1) is 17.4. The van der Waals surface area contributed by atoms with Gasteiger partial charge in [-0.15, -0.1) is 0 Å². The number of allylic oxidation sites excluding steroid dienone is 1. The number of amides is 1. The van der Waals surface area contributed by atoms with Crippen LogP contribution in [0.15, 0.2) is 34.8 Å². The van der Waals surface area contributed by atoms with Gasteiger partial charge in [0, 0.05) is 17.9 Å². The van der Waals surface area contributed by atoms with Crippen molar-refractivity contribution in [3.05, 3.63) is 51.5 Å². The number of carbonyl (C=O) groups excluding carboxylic acids is 3. The summed E-state index contributed by atoms with van der Waals surface area (Å²) in [6.07, 6.45) is 3.85. The highest BCUT2D eigenvalue weighted by atomic mass is 16.3. The van der Waals surface area contributed by atoms with Crippen LogP contribution in [0.4, 0.5) is 0 Å². The number of nitrogens with two attached hydrogens (primary N) is 1. The molecule has 1 aromatic carbocycles. The van der Waals surface area contributed by atoms with Crippen molar-refractivity contribution in [3.63, 3.8) is 0 Å². The highest BCUT2D eigenvalue weighted by Gasteiger charge is 2.64. The molecule has 1 amide bonds. The monoisotopic (exact) mass is 512 g/mol. The van der Waals surface area contributed by atoms with Crippen LogP contribution in [0.3, 0.4) is 0 Å². The number of likely N-dealkylation sites (N-methyl/N-ethyl adjacent to an activating group) is 1. The Labute approximate surface area is 214 Å². The van der Waals surface area contributed by atoms with Crippen molar-refractivity contribution < 1.29 is 39.9 Å². The molecule has 1 fully saturated rings. The number of carbonyl (C=O) groups is 3. The van der Waals surface area contributed by atoms with E-state index in [0.29, 0.717) is 17.5 Å². The van der Waals surface area contributed by atoms with Gasteiger partial charge >= 0.3 is 0 Å². The largest absolute Gasteiger partial charge is 0.512 e. The number of unbranched alkanes of at least 4 members (excludes halogenated alkanes) is 1. The first-order valence-corrected chi connectivity index (χ1v) is 12.2. The fraction of sp³-hybridized carbons (Fsp3) is 0.444. The van der Waals surface area contributed by atoms with E-state index in [2.05, 4.69) is 0 Å². The zero-order valence-electron chi connectivity index (χ0n) is 21.0. The molecule has 1 saturated carbocycles. The van der Waals surface area contributed by atoms with Crippen LogP contribution in [0.1, 0.15) is 49.3 Å². The minimum atomic E-state index is -2.67. The number of aliphatic hydroxyl groups excluding tert-OH is 3. The number of benzene rings is 1. The van der Waals surface area contributed by atoms with Crippen molar-refractivity contribution in [2.75, 3.05) is 14.1 Å². The first-order valence-electron chi connectivity index (χ1n) is 12.2. The lowest BCUT2D eigenvalue weighted by molar-refractivity contribution is -0.153. The van der Waals surface area contributed by atoms with Crippen LogP contribution >= 0.6 is 0 Å². The van der Waals surface area contributed by atoms with Gasteiger partial charge in [0.1, 0.15) is 22.8 Å². The number of Topliss-reactive ketones (excluding diaryl/α,β-unsaturated/α-hetero) is 2. The minimum Gasteiger partial charge on any atom is -0.512 e. The highest BCUT2D eigenvalue weighted by Crippen LogP contribution is 2.53. The Bertz CT molecular complexity index is 1290. The van der Waals surface area contributed by atoms with Crippen LogP contribution in [0, 0.1) is 11.8 Å². The average Bonchev–Trinajstić information content (AvgIpc) is 2.81. The Morgan fingerprint density at radius 3 is 2.49 bits per heavy atom. The third kappa shape index (κ3) is 3.91. The summed E-state index contributed by atoms with van der Waals surface area (Å²) in [5, 5.41) is 54.7. The van der Waals surface area contributed by atoms with Gasteiger partial charge in [-0.1, -0.05) is 19.4 Å². The Kier molecular flexibility index (Phi) is 6.68. The zero-order valence-corrected chi connectivity index (χ0v) is 21.0. The summed E-state index contributed by atoms with van der Waals surface area (Å²) >= 11 is 0. The maximum absolute atomic E-state index is 13.8. The maximum Gasteiger partial charge on any atom is 0.255 e. The molecule has 198 valence electrons. The molecule has 1 aromatic rings. The van der Waals surface area contributed by atoms with Crippen LogP contribution in [0.5, 0.6) is 5.75 Å². The van der Waals surface area contributed by atoms with E-state index in [-0.39, 0.29) is 35.5 Å². The van der Waals surface area contributed by atoms with Gasteiger partial charge in [-0.3, -0.25) is 19.3 Å². The summed E-state index contributed by atoms with van der Waals surface area (Å²) < 4.78 is 0. The number of aliphatic hydroxyl groups is 4. The number of ketones is 2. The third-order valence-electron chi connectivity index (χ3n) is 7.75. The SMILES string of the molecule is CCCC/C(O)=C/c1ccc(O)c2c1C[C@@H]1C[C@@H]3[C@H](N(C)C)C(=O)C(C(N)=O)=C(O)[C@@]3(O)C(=O)C1=C2O. The molecule has 37 heavy (non-hydrogen) atoms. The van der Waals surface area contributed by atoms with Crippen LogP contribution < -0.4 is 5.73 Å². The minimum absolute atomic E-state index is 0.00617. The van der Waals surface area contributed by atoms with Gasteiger partial charge in [0.25, 0.3) is 5.91 Å². The molecule has 10 nitrogen and oxygen atoms in total. The van der Waals surface area contributed by atoms with Gasteiger partial charge in [0.15, 0.2) is 11.4 Å². The van der Waals surface area contributed by atoms with Gasteiger partial charge in [0.05, 0.1) is 17.4 Å². The number of hydrogen-bond acceptors (Lipinski definition) is 9. The summed E-state index contributed by atoms with van der Waals surface area (Å²) in [4.78, 5) is 40.4. The summed E-state index contributed by atoms with van der Waals surface area (Å²) in [6.45, 7) is 2.00. The second kappa shape index (κ2) is 9.35. The molecule has 0 saturated heterocycles. The maximum atomic E-state index is 13.8. The van der Waals surface area contributed by atoms with E-state index >= 15 is 0 Å². The molecular weight excluding hydrogens is 480 g/mol. The summed E-state index contributed by atoms with van der Waals surface area (Å²) in [6, 6.07) is 1.80. The van der Waals surface area contributed by atoms with Crippen molar-refractivity contribution in [2.24, 2.45) is 17.6 Å². The lowest BCUT2D eigenvalue weighted by atomic mass is 9.57. The van der Waals surface area contributed by atoms with Gasteiger partial charge in [-0.05, 0) is 62.5 Å². The fourth-order valence-corrected chi connectivity index (χ4v) is 6.01. The van der Waals surface area contributed by atoms with E-state index in [4.69, 9.17) is 5.73 Å². The molecule has 3 aliphatic rings.